The number of rotatable bonds is 14. The van der Waals surface area contributed by atoms with E-state index >= 15 is 0 Å². The number of aliphatic hydroxyl groups is 1. The molecule has 0 fully saturated rings. The number of likely N-dealkylation sites (N-methyl/N-ethyl adjacent to an activating group) is 1. The molecule has 0 amide bonds. The maximum absolute atomic E-state index is 9.17. The molecule has 1 atom stereocenters. The summed E-state index contributed by atoms with van der Waals surface area (Å²) in [6.45, 7) is 17.0. The Morgan fingerprint density at radius 1 is 0.950 bits per heavy atom. The molecule has 20 heavy (non-hydrogen) atoms. The fraction of sp³-hybridized carbons (Fsp3) is 1.00. The first-order valence-electron chi connectivity index (χ1n) is 8.50. The van der Waals surface area contributed by atoms with Gasteiger partial charge in [0, 0.05) is 19.2 Å². The van der Waals surface area contributed by atoms with Crippen molar-refractivity contribution in [2.75, 3.05) is 52.4 Å². The molecule has 0 aliphatic heterocycles. The van der Waals surface area contributed by atoms with Gasteiger partial charge in [-0.1, -0.05) is 27.7 Å². The van der Waals surface area contributed by atoms with Crippen molar-refractivity contribution in [2.24, 2.45) is 0 Å². The molecule has 2 N–H and O–H groups in total. The van der Waals surface area contributed by atoms with E-state index in [2.05, 4.69) is 42.8 Å². The third-order valence-electron chi connectivity index (χ3n) is 3.93. The standard InChI is InChI=1S/C16H37N3O/c1-5-11-17-16(10-14-20)15-19(8-4)13-9-12-18(6-2)7-3/h16-17,20H,5-15H2,1-4H3. The van der Waals surface area contributed by atoms with Crippen LogP contribution in [0.5, 0.6) is 0 Å². The highest BCUT2D eigenvalue weighted by atomic mass is 16.3. The number of hydrogen-bond donors (Lipinski definition) is 2. The molecule has 0 saturated carbocycles. The monoisotopic (exact) mass is 287 g/mol. The smallest absolute Gasteiger partial charge is 0.0446 e. The minimum Gasteiger partial charge on any atom is -0.396 e. The summed E-state index contributed by atoms with van der Waals surface area (Å²) in [5.41, 5.74) is 0. The molecule has 4 nitrogen and oxygen atoms in total. The second-order valence-electron chi connectivity index (χ2n) is 5.44. The SMILES string of the molecule is CCCNC(CCO)CN(CC)CCCN(CC)CC. The zero-order chi connectivity index (χ0) is 15.2. The third-order valence-corrected chi connectivity index (χ3v) is 3.93. The normalized spacial score (nSPS) is 13.3. The van der Waals surface area contributed by atoms with E-state index in [9.17, 15) is 0 Å². The Morgan fingerprint density at radius 2 is 1.55 bits per heavy atom. The summed E-state index contributed by atoms with van der Waals surface area (Å²) >= 11 is 0. The van der Waals surface area contributed by atoms with Crippen LogP contribution in [0.1, 0.15) is 47.0 Å². The number of nitrogens with one attached hydrogen (secondary N) is 1. The zero-order valence-corrected chi connectivity index (χ0v) is 14.2. The van der Waals surface area contributed by atoms with Crippen molar-refractivity contribution in [2.45, 2.75) is 53.0 Å². The molecular weight excluding hydrogens is 250 g/mol. The summed E-state index contributed by atoms with van der Waals surface area (Å²) in [5.74, 6) is 0. The number of nitrogens with zero attached hydrogens (tertiary/aromatic N) is 2. The lowest BCUT2D eigenvalue weighted by Gasteiger charge is -2.28. The summed E-state index contributed by atoms with van der Waals surface area (Å²) < 4.78 is 0. The fourth-order valence-corrected chi connectivity index (χ4v) is 2.51. The molecule has 0 aromatic heterocycles. The van der Waals surface area contributed by atoms with Crippen LogP contribution in [0, 0.1) is 0 Å². The van der Waals surface area contributed by atoms with Gasteiger partial charge in [0.15, 0.2) is 0 Å². The van der Waals surface area contributed by atoms with Crippen LogP contribution in [0.25, 0.3) is 0 Å². The van der Waals surface area contributed by atoms with Crippen molar-refractivity contribution < 1.29 is 5.11 Å². The minimum atomic E-state index is 0.276. The van der Waals surface area contributed by atoms with Crippen molar-refractivity contribution in [1.29, 1.82) is 0 Å². The van der Waals surface area contributed by atoms with Gasteiger partial charge in [0.25, 0.3) is 0 Å². The number of aliphatic hydroxyl groups excluding tert-OH is 1. The molecule has 0 aromatic carbocycles. The first-order valence-corrected chi connectivity index (χ1v) is 8.50. The molecule has 122 valence electrons. The first-order chi connectivity index (χ1) is 9.71. The van der Waals surface area contributed by atoms with E-state index in [0.717, 1.165) is 52.1 Å². The molecule has 0 heterocycles. The van der Waals surface area contributed by atoms with Gasteiger partial charge in [-0.05, 0) is 58.5 Å². The van der Waals surface area contributed by atoms with Crippen molar-refractivity contribution in [3.05, 3.63) is 0 Å². The third kappa shape index (κ3) is 9.70. The summed E-state index contributed by atoms with van der Waals surface area (Å²) in [4.78, 5) is 4.99. The predicted molar refractivity (Wildman–Crippen MR) is 88.3 cm³/mol. The van der Waals surface area contributed by atoms with Crippen molar-refractivity contribution in [3.63, 3.8) is 0 Å². The molecule has 1 unspecified atom stereocenters. The van der Waals surface area contributed by atoms with E-state index in [0.29, 0.717) is 6.04 Å². The van der Waals surface area contributed by atoms with E-state index in [-0.39, 0.29) is 6.61 Å². The molecule has 0 saturated heterocycles. The zero-order valence-electron chi connectivity index (χ0n) is 14.2. The van der Waals surface area contributed by atoms with Crippen LogP contribution in [0.2, 0.25) is 0 Å². The van der Waals surface area contributed by atoms with Gasteiger partial charge in [-0.3, -0.25) is 0 Å². The number of hydrogen-bond acceptors (Lipinski definition) is 4. The van der Waals surface area contributed by atoms with Gasteiger partial charge in [0.1, 0.15) is 0 Å². The van der Waals surface area contributed by atoms with Gasteiger partial charge in [-0.2, -0.15) is 0 Å². The van der Waals surface area contributed by atoms with Crippen LogP contribution in [0.3, 0.4) is 0 Å². The summed E-state index contributed by atoms with van der Waals surface area (Å²) in [6, 6.07) is 0.424. The topological polar surface area (TPSA) is 38.7 Å². The Balaban J connectivity index is 4.02. The maximum atomic E-state index is 9.17. The van der Waals surface area contributed by atoms with Gasteiger partial charge in [0.05, 0.1) is 0 Å². The van der Waals surface area contributed by atoms with Gasteiger partial charge < -0.3 is 20.2 Å². The van der Waals surface area contributed by atoms with E-state index in [1.54, 1.807) is 0 Å². The second kappa shape index (κ2) is 13.8. The summed E-state index contributed by atoms with van der Waals surface area (Å²) in [6.07, 6.45) is 3.23. The fourth-order valence-electron chi connectivity index (χ4n) is 2.51. The average molecular weight is 287 g/mol. The maximum Gasteiger partial charge on any atom is 0.0446 e. The molecule has 0 spiro atoms. The molecule has 0 rings (SSSR count). The van der Waals surface area contributed by atoms with Crippen LogP contribution >= 0.6 is 0 Å². The van der Waals surface area contributed by atoms with Crippen LogP contribution in [-0.2, 0) is 0 Å². The van der Waals surface area contributed by atoms with E-state index in [4.69, 9.17) is 5.11 Å². The van der Waals surface area contributed by atoms with Crippen LogP contribution in [0.4, 0.5) is 0 Å². The van der Waals surface area contributed by atoms with Crippen molar-refractivity contribution in [1.82, 2.24) is 15.1 Å². The van der Waals surface area contributed by atoms with Crippen LogP contribution < -0.4 is 5.32 Å². The molecule has 0 bridgehead atoms. The summed E-state index contributed by atoms with van der Waals surface area (Å²) in [5, 5.41) is 12.7. The Labute approximate surface area is 126 Å². The highest BCUT2D eigenvalue weighted by Crippen LogP contribution is 2.00. The summed E-state index contributed by atoms with van der Waals surface area (Å²) in [7, 11) is 0. The lowest BCUT2D eigenvalue weighted by molar-refractivity contribution is 0.201. The van der Waals surface area contributed by atoms with Crippen molar-refractivity contribution in [3.8, 4) is 0 Å². The van der Waals surface area contributed by atoms with Crippen LogP contribution in [-0.4, -0.2) is 73.4 Å². The lowest BCUT2D eigenvalue weighted by Crippen LogP contribution is -2.42. The van der Waals surface area contributed by atoms with Gasteiger partial charge in [-0.15, -0.1) is 0 Å². The van der Waals surface area contributed by atoms with Gasteiger partial charge in [-0.25, -0.2) is 0 Å². The van der Waals surface area contributed by atoms with Crippen LogP contribution in [0.15, 0.2) is 0 Å². The van der Waals surface area contributed by atoms with Gasteiger partial charge in [0.2, 0.25) is 0 Å². The average Bonchev–Trinajstić information content (AvgIpc) is 2.47. The molecule has 0 aliphatic carbocycles. The Bertz CT molecular complexity index is 198. The quantitative estimate of drug-likeness (QED) is 0.511. The Hall–Kier alpha value is -0.160. The predicted octanol–water partition coefficient (Wildman–Crippen LogP) is 1.79. The van der Waals surface area contributed by atoms with E-state index < -0.39 is 0 Å². The minimum absolute atomic E-state index is 0.276. The van der Waals surface area contributed by atoms with Gasteiger partial charge >= 0.3 is 0 Å². The molecule has 4 heteroatoms. The molecule has 0 aromatic rings. The second-order valence-corrected chi connectivity index (χ2v) is 5.44. The van der Waals surface area contributed by atoms with Crippen molar-refractivity contribution >= 4 is 0 Å². The molecule has 0 aliphatic rings. The molecule has 0 radical (unpaired) electrons. The lowest BCUT2D eigenvalue weighted by atomic mass is 10.2. The Morgan fingerprint density at radius 3 is 2.05 bits per heavy atom. The highest BCUT2D eigenvalue weighted by molar-refractivity contribution is 4.72. The highest BCUT2D eigenvalue weighted by Gasteiger charge is 2.12. The van der Waals surface area contributed by atoms with E-state index in [1.807, 2.05) is 0 Å². The van der Waals surface area contributed by atoms with E-state index in [1.165, 1.54) is 13.0 Å². The largest absolute Gasteiger partial charge is 0.396 e. The molecular formula is C16H37N3O. The Kier molecular flexibility index (Phi) is 13.7. The first kappa shape index (κ1) is 19.8.